The molecule has 1 aromatic carbocycles. The van der Waals surface area contributed by atoms with E-state index < -0.39 is 0 Å². The highest BCUT2D eigenvalue weighted by Crippen LogP contribution is 2.25. The number of benzene rings is 1. The second-order valence-corrected chi connectivity index (χ2v) is 8.53. The lowest BCUT2D eigenvalue weighted by atomic mass is 9.92. The summed E-state index contributed by atoms with van der Waals surface area (Å²) in [5.41, 5.74) is 0.303. The zero-order valence-corrected chi connectivity index (χ0v) is 17.3. The van der Waals surface area contributed by atoms with Crippen LogP contribution in [-0.2, 0) is 14.3 Å². The summed E-state index contributed by atoms with van der Waals surface area (Å²) in [4.78, 5) is 39.1. The van der Waals surface area contributed by atoms with E-state index in [1.165, 1.54) is 0 Å². The van der Waals surface area contributed by atoms with Crippen LogP contribution >= 0.6 is 0 Å². The van der Waals surface area contributed by atoms with Crippen LogP contribution in [0.15, 0.2) is 30.3 Å². The highest BCUT2D eigenvalue weighted by atomic mass is 16.5. The van der Waals surface area contributed by atoms with Crippen molar-refractivity contribution < 1.29 is 19.1 Å². The predicted octanol–water partition coefficient (Wildman–Crippen LogP) is 1.73. The van der Waals surface area contributed by atoms with E-state index in [1.807, 2.05) is 19.9 Å². The van der Waals surface area contributed by atoms with Crippen molar-refractivity contribution in [2.24, 2.45) is 5.92 Å². The van der Waals surface area contributed by atoms with Crippen molar-refractivity contribution in [3.05, 3.63) is 35.9 Å². The lowest BCUT2D eigenvalue weighted by Crippen LogP contribution is -2.51. The first-order valence-corrected chi connectivity index (χ1v) is 10.4. The van der Waals surface area contributed by atoms with Crippen molar-refractivity contribution in [2.75, 3.05) is 26.2 Å². The highest BCUT2D eigenvalue weighted by molar-refractivity contribution is 5.96. The van der Waals surface area contributed by atoms with Gasteiger partial charge >= 0.3 is 0 Å². The van der Waals surface area contributed by atoms with E-state index in [4.69, 9.17) is 4.74 Å². The van der Waals surface area contributed by atoms with E-state index in [2.05, 4.69) is 10.6 Å². The second kappa shape index (κ2) is 9.39. The molecule has 7 nitrogen and oxygen atoms in total. The summed E-state index contributed by atoms with van der Waals surface area (Å²) in [6.07, 6.45) is 3.17. The number of hydrogen-bond acceptors (Lipinski definition) is 4. The van der Waals surface area contributed by atoms with Gasteiger partial charge in [-0.3, -0.25) is 14.4 Å². The van der Waals surface area contributed by atoms with Gasteiger partial charge in [0.15, 0.2) is 0 Å². The molecule has 0 aliphatic carbocycles. The standard InChI is InChI=1S/C22H31N3O4/c1-22(2)13-18(10-12-29-22)24-21(28)17-9-6-11-25(15-17)19(26)14-23-20(27)16-7-4-3-5-8-16/h3-5,7-8,17-18H,6,9-15H2,1-2H3,(H,23,27)(H,24,28)/t17-,18-/m0/s1. The van der Waals surface area contributed by atoms with E-state index in [1.54, 1.807) is 29.2 Å². The number of nitrogens with zero attached hydrogens (tertiary/aromatic N) is 1. The number of nitrogens with one attached hydrogen (secondary N) is 2. The summed E-state index contributed by atoms with van der Waals surface area (Å²) in [5.74, 6) is -0.617. The van der Waals surface area contributed by atoms with Gasteiger partial charge in [0.1, 0.15) is 0 Å². The Bertz CT molecular complexity index is 735. The van der Waals surface area contributed by atoms with Gasteiger partial charge in [0, 0.05) is 31.3 Å². The number of ether oxygens (including phenoxy) is 1. The molecule has 7 heteroatoms. The number of hydrogen-bond donors (Lipinski definition) is 2. The molecule has 3 amide bonds. The molecule has 158 valence electrons. The van der Waals surface area contributed by atoms with Crippen LogP contribution in [0.5, 0.6) is 0 Å². The fourth-order valence-corrected chi connectivity index (χ4v) is 4.05. The van der Waals surface area contributed by atoms with Crippen LogP contribution in [0.1, 0.15) is 49.9 Å². The topological polar surface area (TPSA) is 87.7 Å². The maximum absolute atomic E-state index is 12.7. The van der Waals surface area contributed by atoms with Gasteiger partial charge in [-0.2, -0.15) is 0 Å². The third-order valence-electron chi connectivity index (χ3n) is 5.62. The molecule has 0 radical (unpaired) electrons. The number of amides is 3. The van der Waals surface area contributed by atoms with Crippen molar-refractivity contribution in [2.45, 2.75) is 51.2 Å². The van der Waals surface area contributed by atoms with Crippen molar-refractivity contribution in [3.63, 3.8) is 0 Å². The van der Waals surface area contributed by atoms with E-state index in [0.717, 1.165) is 25.7 Å². The lowest BCUT2D eigenvalue weighted by Gasteiger charge is -2.37. The van der Waals surface area contributed by atoms with Gasteiger partial charge in [-0.05, 0) is 51.7 Å². The molecule has 0 spiro atoms. The molecule has 0 aromatic heterocycles. The predicted molar refractivity (Wildman–Crippen MR) is 109 cm³/mol. The quantitative estimate of drug-likeness (QED) is 0.787. The monoisotopic (exact) mass is 401 g/mol. The highest BCUT2D eigenvalue weighted by Gasteiger charge is 2.33. The normalized spacial score (nSPS) is 23.9. The molecule has 0 unspecified atom stereocenters. The Morgan fingerprint density at radius 1 is 1.17 bits per heavy atom. The Morgan fingerprint density at radius 2 is 1.93 bits per heavy atom. The summed E-state index contributed by atoms with van der Waals surface area (Å²) in [5, 5.41) is 5.82. The Balaban J connectivity index is 1.47. The number of likely N-dealkylation sites (tertiary alicyclic amines) is 1. The van der Waals surface area contributed by atoms with Crippen molar-refractivity contribution in [1.29, 1.82) is 0 Å². The molecule has 2 fully saturated rings. The Morgan fingerprint density at radius 3 is 2.66 bits per heavy atom. The maximum atomic E-state index is 12.7. The lowest BCUT2D eigenvalue weighted by molar-refractivity contribution is -0.135. The third kappa shape index (κ3) is 6.03. The molecule has 2 aliphatic rings. The molecule has 2 N–H and O–H groups in total. The van der Waals surface area contributed by atoms with Gasteiger partial charge in [-0.25, -0.2) is 0 Å². The molecule has 1 aromatic rings. The maximum Gasteiger partial charge on any atom is 0.251 e. The zero-order valence-electron chi connectivity index (χ0n) is 17.3. The minimum atomic E-state index is -0.271. The van der Waals surface area contributed by atoms with E-state index in [-0.39, 0.29) is 41.8 Å². The first-order chi connectivity index (χ1) is 13.8. The van der Waals surface area contributed by atoms with Gasteiger partial charge in [-0.15, -0.1) is 0 Å². The smallest absolute Gasteiger partial charge is 0.251 e. The molecule has 3 rings (SSSR count). The van der Waals surface area contributed by atoms with Crippen LogP contribution in [0.25, 0.3) is 0 Å². The molecular weight excluding hydrogens is 370 g/mol. The first-order valence-electron chi connectivity index (χ1n) is 10.4. The summed E-state index contributed by atoms with van der Waals surface area (Å²) in [7, 11) is 0. The Hall–Kier alpha value is -2.41. The molecule has 0 bridgehead atoms. The summed E-state index contributed by atoms with van der Waals surface area (Å²) in [6, 6.07) is 8.93. The number of carbonyl (C=O) groups excluding carboxylic acids is 3. The van der Waals surface area contributed by atoms with Gasteiger partial charge in [0.2, 0.25) is 11.8 Å². The van der Waals surface area contributed by atoms with E-state index in [0.29, 0.717) is 25.3 Å². The van der Waals surface area contributed by atoms with Crippen molar-refractivity contribution in [1.82, 2.24) is 15.5 Å². The largest absolute Gasteiger partial charge is 0.375 e. The fourth-order valence-electron chi connectivity index (χ4n) is 4.05. The van der Waals surface area contributed by atoms with E-state index >= 15 is 0 Å². The Kier molecular flexibility index (Phi) is 6.90. The fraction of sp³-hybridized carbons (Fsp3) is 0.591. The number of carbonyl (C=O) groups is 3. The number of rotatable bonds is 5. The van der Waals surface area contributed by atoms with Crippen LogP contribution in [0, 0.1) is 5.92 Å². The minimum Gasteiger partial charge on any atom is -0.375 e. The molecular formula is C22H31N3O4. The Labute approximate surface area is 172 Å². The van der Waals surface area contributed by atoms with Gasteiger partial charge in [0.25, 0.3) is 5.91 Å². The third-order valence-corrected chi connectivity index (χ3v) is 5.62. The van der Waals surface area contributed by atoms with Gasteiger partial charge in [-0.1, -0.05) is 18.2 Å². The molecule has 2 atom stereocenters. The average molecular weight is 402 g/mol. The summed E-state index contributed by atoms with van der Waals surface area (Å²) < 4.78 is 5.71. The summed E-state index contributed by atoms with van der Waals surface area (Å²) >= 11 is 0. The van der Waals surface area contributed by atoms with Crippen LogP contribution in [-0.4, -0.2) is 60.5 Å². The zero-order chi connectivity index (χ0) is 20.9. The average Bonchev–Trinajstić information content (AvgIpc) is 2.71. The summed E-state index contributed by atoms with van der Waals surface area (Å²) in [6.45, 7) is 5.68. The molecule has 2 saturated heterocycles. The van der Waals surface area contributed by atoms with Crippen LogP contribution < -0.4 is 10.6 Å². The van der Waals surface area contributed by atoms with Crippen LogP contribution in [0.3, 0.4) is 0 Å². The van der Waals surface area contributed by atoms with Crippen LogP contribution in [0.4, 0.5) is 0 Å². The minimum absolute atomic E-state index is 0.0125. The van der Waals surface area contributed by atoms with Crippen molar-refractivity contribution >= 4 is 17.7 Å². The first kappa shape index (κ1) is 21.3. The second-order valence-electron chi connectivity index (χ2n) is 8.53. The van der Waals surface area contributed by atoms with E-state index in [9.17, 15) is 14.4 Å². The number of piperidine rings is 1. The molecule has 0 saturated carbocycles. The van der Waals surface area contributed by atoms with Crippen LogP contribution in [0.2, 0.25) is 0 Å². The molecule has 2 aliphatic heterocycles. The van der Waals surface area contributed by atoms with Gasteiger partial charge < -0.3 is 20.3 Å². The molecule has 29 heavy (non-hydrogen) atoms. The SMILES string of the molecule is CC1(C)C[C@@H](NC(=O)[C@H]2CCCN(C(=O)CNC(=O)c3ccccc3)C2)CCO1. The van der Waals surface area contributed by atoms with Crippen molar-refractivity contribution in [3.8, 4) is 0 Å². The van der Waals surface area contributed by atoms with Gasteiger partial charge in [0.05, 0.1) is 18.1 Å². The molecule has 2 heterocycles.